The van der Waals surface area contributed by atoms with Crippen molar-refractivity contribution in [1.29, 1.82) is 0 Å². The van der Waals surface area contributed by atoms with Gasteiger partial charge in [0.15, 0.2) is 5.69 Å². The van der Waals surface area contributed by atoms with E-state index in [1.807, 2.05) is 30.3 Å². The largest absolute Gasteiger partial charge is 0.394 e. The molecule has 2 heterocycles. The first-order valence-electron chi connectivity index (χ1n) is 9.00. The molecule has 0 spiro atoms. The van der Waals surface area contributed by atoms with Crippen LogP contribution in [0.1, 0.15) is 32.6 Å². The molecule has 8 heteroatoms. The Hall–Kier alpha value is -2.71. The minimum Gasteiger partial charge on any atom is -0.394 e. The molecule has 1 saturated heterocycles. The quantitative estimate of drug-likeness (QED) is 0.674. The van der Waals surface area contributed by atoms with Gasteiger partial charge in [-0.2, -0.15) is 5.10 Å². The van der Waals surface area contributed by atoms with Gasteiger partial charge < -0.3 is 20.5 Å². The minimum atomic E-state index is -0.563. The van der Waals surface area contributed by atoms with Crippen molar-refractivity contribution in [2.24, 2.45) is 11.8 Å². The maximum Gasteiger partial charge on any atom is 0.271 e. The smallest absolute Gasteiger partial charge is 0.271 e. The molecule has 1 aromatic heterocycles. The number of benzene rings is 1. The lowest BCUT2D eigenvalue weighted by molar-refractivity contribution is 0.0912. The molecule has 1 saturated carbocycles. The van der Waals surface area contributed by atoms with E-state index in [0.29, 0.717) is 25.0 Å². The van der Waals surface area contributed by atoms with Gasteiger partial charge in [0.2, 0.25) is 0 Å². The molecule has 2 amide bonds. The zero-order chi connectivity index (χ0) is 19.0. The van der Waals surface area contributed by atoms with Crippen molar-refractivity contribution < 1.29 is 19.4 Å². The first kappa shape index (κ1) is 17.7. The lowest BCUT2D eigenvalue weighted by atomic mass is 10.1. The molecule has 3 N–H and O–H groups in total. The van der Waals surface area contributed by atoms with Gasteiger partial charge in [0, 0.05) is 31.0 Å². The van der Waals surface area contributed by atoms with Crippen LogP contribution in [0.25, 0.3) is 0 Å². The number of nitrogens with zero attached hydrogens (tertiary/aromatic N) is 2. The summed E-state index contributed by atoms with van der Waals surface area (Å²) >= 11 is 0. The highest BCUT2D eigenvalue weighted by molar-refractivity contribution is 5.98. The third-order valence-electron chi connectivity index (χ3n) is 5.33. The number of aliphatic hydroxyl groups is 1. The van der Waals surface area contributed by atoms with E-state index in [9.17, 15) is 14.7 Å². The van der Waals surface area contributed by atoms with Crippen LogP contribution >= 0.6 is 0 Å². The number of nitrogens with one attached hydrogen (secondary N) is 2. The van der Waals surface area contributed by atoms with E-state index in [4.69, 9.17) is 4.74 Å². The molecule has 2 aromatic rings. The molecule has 2 aliphatic rings. The molecule has 4 rings (SSSR count). The number of aliphatic hydroxyl groups excluding tert-OH is 1. The second kappa shape index (κ2) is 7.13. The highest BCUT2D eigenvalue weighted by Gasteiger charge is 2.55. The van der Waals surface area contributed by atoms with Gasteiger partial charge in [0.05, 0.1) is 19.8 Å². The number of ether oxygens (including phenoxy) is 1. The maximum absolute atomic E-state index is 12.9. The summed E-state index contributed by atoms with van der Waals surface area (Å²) in [5.41, 5.74) is 1.19. The van der Waals surface area contributed by atoms with Crippen molar-refractivity contribution in [3.05, 3.63) is 53.3 Å². The monoisotopic (exact) mass is 370 g/mol. The fourth-order valence-electron chi connectivity index (χ4n) is 3.72. The van der Waals surface area contributed by atoms with Crippen molar-refractivity contribution in [3.8, 4) is 0 Å². The van der Waals surface area contributed by atoms with Gasteiger partial charge >= 0.3 is 0 Å². The lowest BCUT2D eigenvalue weighted by Crippen LogP contribution is -2.33. The predicted molar refractivity (Wildman–Crippen MR) is 96.3 cm³/mol. The molecular weight excluding hydrogens is 348 g/mol. The van der Waals surface area contributed by atoms with Crippen LogP contribution in [0.2, 0.25) is 0 Å². The molecule has 2 fully saturated rings. The van der Waals surface area contributed by atoms with Gasteiger partial charge in [0.1, 0.15) is 11.7 Å². The predicted octanol–water partition coefficient (Wildman–Crippen LogP) is 0.199. The number of aromatic nitrogens is 2. The van der Waals surface area contributed by atoms with E-state index in [-0.39, 0.29) is 35.9 Å². The number of hydrogen-bond acceptors (Lipinski definition) is 5. The van der Waals surface area contributed by atoms with Crippen molar-refractivity contribution in [1.82, 2.24) is 20.4 Å². The normalized spacial score (nSPS) is 24.1. The minimum absolute atomic E-state index is 0.0994. The average Bonchev–Trinajstić information content (AvgIpc) is 3.09. The van der Waals surface area contributed by atoms with Crippen LogP contribution in [0.3, 0.4) is 0 Å². The summed E-state index contributed by atoms with van der Waals surface area (Å²) in [5, 5.41) is 19.8. The van der Waals surface area contributed by atoms with Crippen LogP contribution < -0.4 is 10.6 Å². The first-order chi connectivity index (χ1) is 13.1. The molecule has 27 heavy (non-hydrogen) atoms. The molecule has 8 nitrogen and oxygen atoms in total. The second-order valence-corrected chi connectivity index (χ2v) is 6.91. The Kier molecular flexibility index (Phi) is 4.67. The van der Waals surface area contributed by atoms with Crippen LogP contribution in [0, 0.1) is 11.8 Å². The molecular formula is C19H22N4O4. The van der Waals surface area contributed by atoms with Crippen molar-refractivity contribution in [2.75, 3.05) is 26.9 Å². The van der Waals surface area contributed by atoms with E-state index in [1.165, 1.54) is 17.8 Å². The van der Waals surface area contributed by atoms with Gasteiger partial charge in [-0.3, -0.25) is 9.59 Å². The fraction of sp³-hybridized carbons (Fsp3) is 0.421. The molecule has 4 atom stereocenters. The Morgan fingerprint density at radius 3 is 2.59 bits per heavy atom. The number of carbonyl (C=O) groups excluding carboxylic acids is 2. The van der Waals surface area contributed by atoms with Gasteiger partial charge in [-0.25, -0.2) is 4.68 Å². The number of rotatable bonds is 6. The Bertz CT molecular complexity index is 841. The van der Waals surface area contributed by atoms with Gasteiger partial charge in [-0.05, 0) is 5.56 Å². The fourth-order valence-corrected chi connectivity index (χ4v) is 3.72. The van der Waals surface area contributed by atoms with Crippen molar-refractivity contribution in [3.63, 3.8) is 0 Å². The first-order valence-corrected chi connectivity index (χ1v) is 9.00. The van der Waals surface area contributed by atoms with Crippen LogP contribution in [0.5, 0.6) is 0 Å². The van der Waals surface area contributed by atoms with Crippen LogP contribution in [-0.4, -0.2) is 59.6 Å². The summed E-state index contributed by atoms with van der Waals surface area (Å²) in [6, 6.07) is 10.3. The summed E-state index contributed by atoms with van der Waals surface area (Å²) in [5.74, 6) is 0.0497. The van der Waals surface area contributed by atoms with Crippen LogP contribution in [-0.2, 0) is 4.74 Å². The molecule has 0 radical (unpaired) electrons. The maximum atomic E-state index is 12.9. The van der Waals surface area contributed by atoms with E-state index in [0.717, 1.165) is 5.56 Å². The molecule has 0 unspecified atom stereocenters. The molecule has 142 valence electrons. The lowest BCUT2D eigenvalue weighted by Gasteiger charge is -2.18. The Labute approximate surface area is 156 Å². The van der Waals surface area contributed by atoms with E-state index in [1.54, 1.807) is 0 Å². The average molecular weight is 370 g/mol. The van der Waals surface area contributed by atoms with E-state index < -0.39 is 6.04 Å². The summed E-state index contributed by atoms with van der Waals surface area (Å²) in [6.07, 6.45) is 0. The van der Waals surface area contributed by atoms with Gasteiger partial charge in [-0.15, -0.1) is 0 Å². The second-order valence-electron chi connectivity index (χ2n) is 6.91. The SMILES string of the molecule is CNC(=O)c1cc(C(=O)N[C@H]2[C@@H]3COC[C@@H]32)n([C@@H](CO)c2ccccc2)n1. The highest BCUT2D eigenvalue weighted by atomic mass is 16.5. The van der Waals surface area contributed by atoms with Crippen LogP contribution in [0.15, 0.2) is 36.4 Å². The summed E-state index contributed by atoms with van der Waals surface area (Å²) < 4.78 is 6.79. The summed E-state index contributed by atoms with van der Waals surface area (Å²) in [4.78, 5) is 24.9. The van der Waals surface area contributed by atoms with Crippen molar-refractivity contribution in [2.45, 2.75) is 12.1 Å². The number of carbonyl (C=O) groups is 2. The Morgan fingerprint density at radius 1 is 1.26 bits per heavy atom. The zero-order valence-corrected chi connectivity index (χ0v) is 15.0. The van der Waals surface area contributed by atoms with E-state index >= 15 is 0 Å². The standard InChI is InChI=1S/C19H22N4O4/c1-20-18(25)14-7-15(19(26)21-17-12-9-27-10-13(12)17)23(22-14)16(8-24)11-5-3-2-4-6-11/h2-7,12-13,16-17,24H,8-10H2,1H3,(H,20,25)(H,21,26)/t12-,13+,16-,17+/m0/s1. The summed E-state index contributed by atoms with van der Waals surface area (Å²) in [7, 11) is 1.51. The summed E-state index contributed by atoms with van der Waals surface area (Å²) in [6.45, 7) is 1.09. The number of fused-ring (bicyclic) bond motifs is 1. The third-order valence-corrected chi connectivity index (χ3v) is 5.33. The molecule has 1 aliphatic carbocycles. The molecule has 1 aromatic carbocycles. The van der Waals surface area contributed by atoms with Gasteiger partial charge in [-0.1, -0.05) is 30.3 Å². The number of amides is 2. The molecule has 1 aliphatic heterocycles. The highest BCUT2D eigenvalue weighted by Crippen LogP contribution is 2.44. The topological polar surface area (TPSA) is 105 Å². The van der Waals surface area contributed by atoms with Gasteiger partial charge in [0.25, 0.3) is 11.8 Å². The molecule has 0 bridgehead atoms. The van der Waals surface area contributed by atoms with E-state index in [2.05, 4.69) is 15.7 Å². The zero-order valence-electron chi connectivity index (χ0n) is 15.0. The Morgan fingerprint density at radius 2 is 1.96 bits per heavy atom. The van der Waals surface area contributed by atoms with Crippen LogP contribution in [0.4, 0.5) is 0 Å². The number of hydrogen-bond donors (Lipinski definition) is 3. The third kappa shape index (κ3) is 3.22. The Balaban J connectivity index is 1.65. The van der Waals surface area contributed by atoms with Crippen molar-refractivity contribution >= 4 is 11.8 Å².